The lowest BCUT2D eigenvalue weighted by molar-refractivity contribution is 0.635. The van der Waals surface area contributed by atoms with Gasteiger partial charge in [0.15, 0.2) is 0 Å². The van der Waals surface area contributed by atoms with Crippen molar-refractivity contribution in [2.24, 2.45) is 0 Å². The number of rotatable bonds is 0. The van der Waals surface area contributed by atoms with Crippen molar-refractivity contribution in [2.45, 2.75) is 25.7 Å². The predicted molar refractivity (Wildman–Crippen MR) is 62.6 cm³/mol. The van der Waals surface area contributed by atoms with E-state index in [2.05, 4.69) is 20.9 Å². The van der Waals surface area contributed by atoms with Crippen LogP contribution in [0.3, 0.4) is 0 Å². The van der Waals surface area contributed by atoms with Gasteiger partial charge in [-0.2, -0.15) is 0 Å². The number of hydrogen-bond donors (Lipinski definition) is 1. The fourth-order valence-electron chi connectivity index (χ4n) is 2.43. The molecule has 1 aliphatic carbocycles. The highest BCUT2D eigenvalue weighted by Crippen LogP contribution is 2.32. The first-order chi connectivity index (χ1) is 7.25. The summed E-state index contributed by atoms with van der Waals surface area (Å²) in [5.41, 5.74) is 3.22. The van der Waals surface area contributed by atoms with Gasteiger partial charge in [-0.25, -0.2) is 4.39 Å². The van der Waals surface area contributed by atoms with Crippen LogP contribution in [0.4, 0.5) is 4.39 Å². The van der Waals surface area contributed by atoms with Gasteiger partial charge in [0.25, 0.3) is 0 Å². The number of aryl methyl sites for hydroxylation is 2. The normalized spacial score (nSPS) is 15.6. The monoisotopic (exact) mass is 267 g/mol. The quantitative estimate of drug-likeness (QED) is 0.744. The maximum absolute atomic E-state index is 13.7. The first-order valence-corrected chi connectivity index (χ1v) is 6.03. The van der Waals surface area contributed by atoms with Crippen molar-refractivity contribution in [1.82, 2.24) is 4.98 Å². The summed E-state index contributed by atoms with van der Waals surface area (Å²) in [5, 5.41) is 1.05. The molecule has 1 heterocycles. The van der Waals surface area contributed by atoms with Gasteiger partial charge in [0.1, 0.15) is 5.82 Å². The lowest BCUT2D eigenvalue weighted by atomic mass is 9.96. The van der Waals surface area contributed by atoms with E-state index in [9.17, 15) is 4.39 Å². The molecule has 3 heteroatoms. The van der Waals surface area contributed by atoms with Gasteiger partial charge < -0.3 is 4.98 Å². The lowest BCUT2D eigenvalue weighted by Gasteiger charge is -2.10. The molecule has 1 nitrogen and oxygen atoms in total. The zero-order chi connectivity index (χ0) is 10.4. The van der Waals surface area contributed by atoms with Crippen LogP contribution in [0.5, 0.6) is 0 Å². The molecule has 78 valence electrons. The molecule has 0 unspecified atom stereocenters. The van der Waals surface area contributed by atoms with Crippen LogP contribution in [-0.2, 0) is 12.8 Å². The molecule has 0 aliphatic heterocycles. The number of H-pyrrole nitrogens is 1. The number of aromatic nitrogens is 1. The van der Waals surface area contributed by atoms with E-state index >= 15 is 0 Å². The third-order valence-electron chi connectivity index (χ3n) is 3.12. The summed E-state index contributed by atoms with van der Waals surface area (Å²) >= 11 is 3.34. The fourth-order valence-corrected chi connectivity index (χ4v) is 2.86. The van der Waals surface area contributed by atoms with Crippen molar-refractivity contribution in [1.29, 1.82) is 0 Å². The van der Waals surface area contributed by atoms with Crippen LogP contribution in [-0.4, -0.2) is 4.98 Å². The first kappa shape index (κ1) is 9.40. The molecule has 0 amide bonds. The van der Waals surface area contributed by atoms with Crippen molar-refractivity contribution in [3.63, 3.8) is 0 Å². The molecule has 15 heavy (non-hydrogen) atoms. The Kier molecular flexibility index (Phi) is 2.09. The molecule has 1 N–H and O–H groups in total. The van der Waals surface area contributed by atoms with Crippen molar-refractivity contribution < 1.29 is 4.39 Å². The first-order valence-electron chi connectivity index (χ1n) is 5.24. The Morgan fingerprint density at radius 3 is 2.87 bits per heavy atom. The average molecular weight is 268 g/mol. The van der Waals surface area contributed by atoms with Gasteiger partial charge in [-0.05, 0) is 43.4 Å². The molecular formula is C12H11BrFN. The zero-order valence-corrected chi connectivity index (χ0v) is 9.83. The molecule has 0 bridgehead atoms. The maximum Gasteiger partial charge on any atom is 0.148 e. The Balaban J connectivity index is 2.37. The minimum atomic E-state index is -0.159. The molecule has 3 rings (SSSR count). The van der Waals surface area contributed by atoms with E-state index in [-0.39, 0.29) is 5.82 Å². The van der Waals surface area contributed by atoms with Gasteiger partial charge in [-0.1, -0.05) is 15.9 Å². The summed E-state index contributed by atoms with van der Waals surface area (Å²) in [6, 6.07) is 3.53. The highest BCUT2D eigenvalue weighted by atomic mass is 79.9. The number of hydrogen-bond acceptors (Lipinski definition) is 0. The van der Waals surface area contributed by atoms with E-state index in [1.165, 1.54) is 30.2 Å². The summed E-state index contributed by atoms with van der Waals surface area (Å²) in [4.78, 5) is 3.22. The Labute approximate surface area is 95.8 Å². The van der Waals surface area contributed by atoms with Crippen LogP contribution in [0, 0.1) is 5.82 Å². The van der Waals surface area contributed by atoms with E-state index in [0.717, 1.165) is 22.7 Å². The van der Waals surface area contributed by atoms with Crippen LogP contribution < -0.4 is 0 Å². The second-order valence-corrected chi connectivity index (χ2v) is 5.02. The van der Waals surface area contributed by atoms with E-state index in [1.54, 1.807) is 0 Å². The molecule has 0 atom stereocenters. The molecule has 0 radical (unpaired) electrons. The lowest BCUT2D eigenvalue weighted by Crippen LogP contribution is -1.99. The van der Waals surface area contributed by atoms with Crippen LogP contribution >= 0.6 is 15.9 Å². The van der Waals surface area contributed by atoms with Gasteiger partial charge in [0.05, 0.1) is 5.52 Å². The smallest absolute Gasteiger partial charge is 0.148 e. The fraction of sp³-hybridized carbons (Fsp3) is 0.333. The minimum Gasteiger partial charge on any atom is -0.356 e. The zero-order valence-electron chi connectivity index (χ0n) is 8.24. The van der Waals surface area contributed by atoms with E-state index < -0.39 is 0 Å². The molecule has 0 saturated heterocycles. The van der Waals surface area contributed by atoms with Crippen molar-refractivity contribution >= 4 is 26.8 Å². The van der Waals surface area contributed by atoms with Crippen LogP contribution in [0.25, 0.3) is 10.9 Å². The SMILES string of the molecule is Fc1cc(Br)cc2c3c([nH]c12)CCCC3. The van der Waals surface area contributed by atoms with Gasteiger partial charge in [-0.3, -0.25) is 0 Å². The number of fused-ring (bicyclic) bond motifs is 3. The van der Waals surface area contributed by atoms with E-state index in [1.807, 2.05) is 6.07 Å². The van der Waals surface area contributed by atoms with Gasteiger partial charge in [-0.15, -0.1) is 0 Å². The van der Waals surface area contributed by atoms with E-state index in [0.29, 0.717) is 5.52 Å². The third kappa shape index (κ3) is 1.41. The Bertz CT molecular complexity index is 530. The Morgan fingerprint density at radius 2 is 2.00 bits per heavy atom. The van der Waals surface area contributed by atoms with Crippen molar-refractivity contribution in [3.8, 4) is 0 Å². The van der Waals surface area contributed by atoms with Gasteiger partial charge >= 0.3 is 0 Å². The molecule has 1 aromatic heterocycles. The number of aromatic amines is 1. The highest BCUT2D eigenvalue weighted by Gasteiger charge is 2.17. The summed E-state index contributed by atoms with van der Waals surface area (Å²) in [5.74, 6) is -0.159. The van der Waals surface area contributed by atoms with Crippen LogP contribution in [0.15, 0.2) is 16.6 Å². The summed E-state index contributed by atoms with van der Waals surface area (Å²) in [7, 11) is 0. The molecule has 0 fully saturated rings. The largest absolute Gasteiger partial charge is 0.356 e. The predicted octanol–water partition coefficient (Wildman–Crippen LogP) is 3.95. The number of benzene rings is 1. The topological polar surface area (TPSA) is 15.8 Å². The third-order valence-corrected chi connectivity index (χ3v) is 3.58. The second kappa shape index (κ2) is 3.34. The number of nitrogens with one attached hydrogen (secondary N) is 1. The van der Waals surface area contributed by atoms with Crippen molar-refractivity contribution in [3.05, 3.63) is 33.7 Å². The van der Waals surface area contributed by atoms with E-state index in [4.69, 9.17) is 0 Å². The maximum atomic E-state index is 13.7. The highest BCUT2D eigenvalue weighted by molar-refractivity contribution is 9.10. The molecule has 0 spiro atoms. The van der Waals surface area contributed by atoms with Crippen molar-refractivity contribution in [2.75, 3.05) is 0 Å². The number of halogens is 2. The summed E-state index contributed by atoms with van der Waals surface area (Å²) in [6.45, 7) is 0. The van der Waals surface area contributed by atoms with Gasteiger partial charge in [0, 0.05) is 15.6 Å². The van der Waals surface area contributed by atoms with Crippen LogP contribution in [0.1, 0.15) is 24.1 Å². The molecule has 0 saturated carbocycles. The molecular weight excluding hydrogens is 257 g/mol. The Morgan fingerprint density at radius 1 is 1.20 bits per heavy atom. The Hall–Kier alpha value is -0.830. The molecule has 1 aromatic carbocycles. The van der Waals surface area contributed by atoms with Gasteiger partial charge in [0.2, 0.25) is 0 Å². The standard InChI is InChI=1S/C12H11BrFN/c13-7-5-9-8-3-1-2-4-11(8)15-12(9)10(14)6-7/h5-6,15H,1-4H2. The minimum absolute atomic E-state index is 0.159. The summed E-state index contributed by atoms with van der Waals surface area (Å²) < 4.78 is 14.5. The molecule has 2 aromatic rings. The average Bonchev–Trinajstić information content (AvgIpc) is 2.57. The second-order valence-electron chi connectivity index (χ2n) is 4.10. The summed E-state index contributed by atoms with van der Waals surface area (Å²) in [6.07, 6.45) is 4.56. The van der Waals surface area contributed by atoms with Crippen LogP contribution in [0.2, 0.25) is 0 Å². The molecule has 1 aliphatic rings.